The van der Waals surface area contributed by atoms with E-state index in [2.05, 4.69) is 25.6 Å². The molecule has 1 saturated heterocycles. The van der Waals surface area contributed by atoms with Crippen LogP contribution in [-0.2, 0) is 0 Å². The minimum absolute atomic E-state index is 0.287. The van der Waals surface area contributed by atoms with Crippen LogP contribution in [0.25, 0.3) is 11.3 Å². The van der Waals surface area contributed by atoms with Crippen LogP contribution in [0.2, 0.25) is 0 Å². The van der Waals surface area contributed by atoms with Gasteiger partial charge in [0.25, 0.3) is 0 Å². The van der Waals surface area contributed by atoms with Crippen LogP contribution < -0.4 is 9.64 Å². The summed E-state index contributed by atoms with van der Waals surface area (Å²) in [5, 5.41) is 9.40. The first-order valence-corrected chi connectivity index (χ1v) is 9.65. The first-order chi connectivity index (χ1) is 13.9. The normalized spacial score (nSPS) is 17.8. The maximum Gasteiger partial charge on any atom is 0.573 e. The summed E-state index contributed by atoms with van der Waals surface area (Å²) in [5.41, 5.74) is 1.66. The second kappa shape index (κ2) is 7.91. The van der Waals surface area contributed by atoms with E-state index in [1.165, 1.54) is 37.1 Å². The Morgan fingerprint density at radius 2 is 1.76 bits per heavy atom. The highest BCUT2D eigenvalue weighted by Gasteiger charge is 2.31. The molecule has 1 aliphatic heterocycles. The van der Waals surface area contributed by atoms with E-state index in [0.717, 1.165) is 44.5 Å². The van der Waals surface area contributed by atoms with Crippen molar-refractivity contribution in [1.29, 1.82) is 5.26 Å². The summed E-state index contributed by atoms with van der Waals surface area (Å²) in [7, 11) is 0. The van der Waals surface area contributed by atoms with Gasteiger partial charge in [0, 0.05) is 38.3 Å². The standard InChI is InChI=1S/C21H21F3N4O/c22-21(23,24)29-18-5-3-17(4-6-18)19-11-16(13-25)12-20(26-19)28-9-7-27(8-10-28)14-15-1-2-15/h3-6,11-12,15H,1-2,7-10,14H2. The van der Waals surface area contributed by atoms with Crippen molar-refractivity contribution in [1.82, 2.24) is 9.88 Å². The first kappa shape index (κ1) is 19.5. The van der Waals surface area contributed by atoms with Crippen LogP contribution in [0, 0.1) is 17.2 Å². The Morgan fingerprint density at radius 3 is 2.34 bits per heavy atom. The lowest BCUT2D eigenvalue weighted by atomic mass is 10.1. The summed E-state index contributed by atoms with van der Waals surface area (Å²) in [6.07, 6.45) is -2.06. The SMILES string of the molecule is N#Cc1cc(-c2ccc(OC(F)(F)F)cc2)nc(N2CCN(CC3CC3)CC2)c1. The van der Waals surface area contributed by atoms with Crippen molar-refractivity contribution in [2.45, 2.75) is 19.2 Å². The minimum atomic E-state index is -4.73. The van der Waals surface area contributed by atoms with Crippen LogP contribution in [0.1, 0.15) is 18.4 Å². The molecule has 0 atom stereocenters. The third-order valence-corrected chi connectivity index (χ3v) is 5.23. The average molecular weight is 402 g/mol. The van der Waals surface area contributed by atoms with E-state index in [1.807, 2.05) is 0 Å². The van der Waals surface area contributed by atoms with E-state index in [9.17, 15) is 18.4 Å². The number of aromatic nitrogens is 1. The summed E-state index contributed by atoms with van der Waals surface area (Å²) in [5.74, 6) is 1.29. The summed E-state index contributed by atoms with van der Waals surface area (Å²) in [6.45, 7) is 4.78. The van der Waals surface area contributed by atoms with Gasteiger partial charge in [-0.3, -0.25) is 4.90 Å². The zero-order valence-corrected chi connectivity index (χ0v) is 15.8. The fourth-order valence-electron chi connectivity index (χ4n) is 3.54. The third-order valence-electron chi connectivity index (χ3n) is 5.23. The number of anilines is 1. The molecular formula is C21H21F3N4O. The van der Waals surface area contributed by atoms with Crippen molar-refractivity contribution >= 4 is 5.82 Å². The van der Waals surface area contributed by atoms with Gasteiger partial charge in [-0.05, 0) is 55.2 Å². The zero-order valence-electron chi connectivity index (χ0n) is 15.8. The lowest BCUT2D eigenvalue weighted by Gasteiger charge is -2.35. The van der Waals surface area contributed by atoms with Crippen LogP contribution in [0.4, 0.5) is 19.0 Å². The maximum atomic E-state index is 12.3. The van der Waals surface area contributed by atoms with E-state index in [-0.39, 0.29) is 5.75 Å². The molecular weight excluding hydrogens is 381 g/mol. The van der Waals surface area contributed by atoms with Gasteiger partial charge in [-0.25, -0.2) is 4.98 Å². The number of benzene rings is 1. The second-order valence-corrected chi connectivity index (χ2v) is 7.51. The number of halogens is 3. The van der Waals surface area contributed by atoms with Gasteiger partial charge in [0.1, 0.15) is 11.6 Å². The van der Waals surface area contributed by atoms with Crippen LogP contribution >= 0.6 is 0 Å². The van der Waals surface area contributed by atoms with Crippen LogP contribution in [-0.4, -0.2) is 49.0 Å². The quantitative estimate of drug-likeness (QED) is 0.755. The summed E-state index contributed by atoms with van der Waals surface area (Å²) >= 11 is 0. The molecule has 1 aliphatic carbocycles. The summed E-state index contributed by atoms with van der Waals surface area (Å²) in [6, 6.07) is 11.1. The van der Waals surface area contributed by atoms with Crippen molar-refractivity contribution in [3.8, 4) is 23.1 Å². The molecule has 1 aromatic carbocycles. The first-order valence-electron chi connectivity index (χ1n) is 9.65. The molecule has 0 amide bonds. The third kappa shape index (κ3) is 5.18. The van der Waals surface area contributed by atoms with Crippen molar-refractivity contribution < 1.29 is 17.9 Å². The molecule has 2 fully saturated rings. The number of ether oxygens (including phenoxy) is 1. The molecule has 152 valence electrons. The number of piperazine rings is 1. The fraction of sp³-hybridized carbons (Fsp3) is 0.429. The minimum Gasteiger partial charge on any atom is -0.406 e. The van der Waals surface area contributed by atoms with Gasteiger partial charge in [-0.1, -0.05) is 0 Å². The van der Waals surface area contributed by atoms with Gasteiger partial charge in [0.05, 0.1) is 17.3 Å². The van der Waals surface area contributed by atoms with Gasteiger partial charge in [0.2, 0.25) is 0 Å². The van der Waals surface area contributed by atoms with E-state index in [0.29, 0.717) is 16.8 Å². The molecule has 2 heterocycles. The Kier molecular flexibility index (Phi) is 5.33. The molecule has 0 N–H and O–H groups in total. The molecule has 8 heteroatoms. The average Bonchev–Trinajstić information content (AvgIpc) is 3.51. The van der Waals surface area contributed by atoms with Gasteiger partial charge < -0.3 is 9.64 Å². The highest BCUT2D eigenvalue weighted by atomic mass is 19.4. The van der Waals surface area contributed by atoms with Gasteiger partial charge >= 0.3 is 6.36 Å². The van der Waals surface area contributed by atoms with E-state index in [4.69, 9.17) is 0 Å². The van der Waals surface area contributed by atoms with Crippen LogP contribution in [0.5, 0.6) is 5.75 Å². The fourth-order valence-corrected chi connectivity index (χ4v) is 3.54. The van der Waals surface area contributed by atoms with Crippen molar-refractivity contribution in [2.24, 2.45) is 5.92 Å². The molecule has 2 aromatic rings. The molecule has 2 aliphatic rings. The molecule has 5 nitrogen and oxygen atoms in total. The van der Waals surface area contributed by atoms with Gasteiger partial charge in [-0.2, -0.15) is 5.26 Å². The smallest absolute Gasteiger partial charge is 0.406 e. The van der Waals surface area contributed by atoms with E-state index in [1.54, 1.807) is 12.1 Å². The Labute approximate surface area is 167 Å². The van der Waals surface area contributed by atoms with E-state index >= 15 is 0 Å². The van der Waals surface area contributed by atoms with Crippen LogP contribution in [0.3, 0.4) is 0 Å². The number of alkyl halides is 3. The molecule has 0 bridgehead atoms. The molecule has 4 rings (SSSR count). The number of rotatable bonds is 5. The predicted octanol–water partition coefficient (Wildman–Crippen LogP) is 4.05. The number of hydrogen-bond donors (Lipinski definition) is 0. The largest absolute Gasteiger partial charge is 0.573 e. The number of nitrogens with zero attached hydrogens (tertiary/aromatic N) is 4. The van der Waals surface area contributed by atoms with E-state index < -0.39 is 6.36 Å². The highest BCUT2D eigenvalue weighted by molar-refractivity contribution is 5.65. The maximum absolute atomic E-state index is 12.3. The Bertz CT molecular complexity index is 896. The number of pyridine rings is 1. The summed E-state index contributed by atoms with van der Waals surface area (Å²) < 4.78 is 40.9. The molecule has 29 heavy (non-hydrogen) atoms. The molecule has 1 saturated carbocycles. The van der Waals surface area contributed by atoms with Gasteiger partial charge in [0.15, 0.2) is 0 Å². The lowest BCUT2D eigenvalue weighted by Crippen LogP contribution is -2.47. The van der Waals surface area contributed by atoms with Crippen molar-refractivity contribution in [3.63, 3.8) is 0 Å². The monoisotopic (exact) mass is 402 g/mol. The predicted molar refractivity (Wildman–Crippen MR) is 102 cm³/mol. The lowest BCUT2D eigenvalue weighted by molar-refractivity contribution is -0.274. The Hall–Kier alpha value is -2.79. The second-order valence-electron chi connectivity index (χ2n) is 7.51. The number of hydrogen-bond acceptors (Lipinski definition) is 5. The molecule has 0 unspecified atom stereocenters. The Balaban J connectivity index is 1.50. The van der Waals surface area contributed by atoms with Crippen molar-refractivity contribution in [2.75, 3.05) is 37.6 Å². The van der Waals surface area contributed by atoms with Crippen molar-refractivity contribution in [3.05, 3.63) is 42.0 Å². The Morgan fingerprint density at radius 1 is 1.07 bits per heavy atom. The highest BCUT2D eigenvalue weighted by Crippen LogP contribution is 2.31. The number of nitriles is 1. The summed E-state index contributed by atoms with van der Waals surface area (Å²) in [4.78, 5) is 9.31. The molecule has 0 radical (unpaired) electrons. The molecule has 1 aromatic heterocycles. The topological polar surface area (TPSA) is 52.4 Å². The zero-order chi connectivity index (χ0) is 20.4. The van der Waals surface area contributed by atoms with Crippen LogP contribution in [0.15, 0.2) is 36.4 Å². The van der Waals surface area contributed by atoms with Gasteiger partial charge in [-0.15, -0.1) is 13.2 Å². The molecule has 0 spiro atoms.